The van der Waals surface area contributed by atoms with E-state index >= 15 is 0 Å². The number of nitrogen functional groups attached to an aromatic ring is 1. The number of anilines is 1. The molecule has 0 bridgehead atoms. The highest BCUT2D eigenvalue weighted by atomic mass is 35.5. The third-order valence-corrected chi connectivity index (χ3v) is 3.41. The molecule has 1 heterocycles. The lowest BCUT2D eigenvalue weighted by Crippen LogP contribution is -2.09. The molecule has 1 aromatic heterocycles. The summed E-state index contributed by atoms with van der Waals surface area (Å²) >= 11 is 6.11. The lowest BCUT2D eigenvalue weighted by atomic mass is 10.1. The molecule has 22 heavy (non-hydrogen) atoms. The minimum atomic E-state index is 0.292. The second-order valence-corrected chi connectivity index (χ2v) is 5.00. The van der Waals surface area contributed by atoms with E-state index in [4.69, 9.17) is 26.9 Å². The number of halogens is 1. The van der Waals surface area contributed by atoms with Gasteiger partial charge in [0.1, 0.15) is 0 Å². The van der Waals surface area contributed by atoms with Crippen LogP contribution in [-0.4, -0.2) is 23.9 Å². The maximum Gasteiger partial charge on any atom is 0.163 e. The van der Waals surface area contributed by atoms with Gasteiger partial charge in [0.25, 0.3) is 0 Å². The number of nitrogens with zero attached hydrogens (tertiary/aromatic N) is 2. The summed E-state index contributed by atoms with van der Waals surface area (Å²) in [5, 5.41) is 7.98. The average Bonchev–Trinajstić information content (AvgIpc) is 2.56. The van der Waals surface area contributed by atoms with Crippen LogP contribution in [0.2, 0.25) is 5.15 Å². The van der Waals surface area contributed by atoms with Crippen molar-refractivity contribution in [2.45, 2.75) is 19.8 Å². The highest BCUT2D eigenvalue weighted by Gasteiger charge is 2.11. The van der Waals surface area contributed by atoms with Crippen LogP contribution >= 0.6 is 11.6 Å². The Morgan fingerprint density at radius 2 is 2.05 bits per heavy atom. The summed E-state index contributed by atoms with van der Waals surface area (Å²) in [5.74, 6) is 7.13. The normalized spacial score (nSPS) is 10.4. The van der Waals surface area contributed by atoms with E-state index in [-0.39, 0.29) is 0 Å². The Balaban J connectivity index is 2.33. The Morgan fingerprint density at radius 3 is 2.73 bits per heavy atom. The van der Waals surface area contributed by atoms with Crippen molar-refractivity contribution in [3.05, 3.63) is 29.4 Å². The molecule has 0 saturated heterocycles. The number of rotatable bonds is 7. The monoisotopic (exact) mass is 322 g/mol. The Morgan fingerprint density at radius 1 is 1.23 bits per heavy atom. The Labute approximate surface area is 134 Å². The van der Waals surface area contributed by atoms with E-state index in [9.17, 15) is 0 Å². The van der Waals surface area contributed by atoms with E-state index < -0.39 is 0 Å². The summed E-state index contributed by atoms with van der Waals surface area (Å²) in [4.78, 5) is 0. The lowest BCUT2D eigenvalue weighted by Gasteiger charge is -2.12. The standard InChI is InChI=1S/C15H19ClN4O2/c1-3-4-7-22-12-6-5-10(8-13(12)21-2)11-9-14(18-17)19-20-15(11)16/h5-6,8-9H,3-4,7,17H2,1-2H3,(H,18,19). The van der Waals surface area contributed by atoms with Crippen molar-refractivity contribution in [3.8, 4) is 22.6 Å². The number of nitrogens with one attached hydrogen (secondary N) is 1. The average molecular weight is 323 g/mol. The minimum absolute atomic E-state index is 0.292. The SMILES string of the molecule is CCCCOc1ccc(-c2cc(NN)nnc2Cl)cc1OC. The van der Waals surface area contributed by atoms with Crippen molar-refractivity contribution in [2.75, 3.05) is 19.1 Å². The quantitative estimate of drug-likeness (QED) is 0.462. The molecule has 0 aliphatic rings. The molecule has 0 aliphatic carbocycles. The molecule has 0 saturated carbocycles. The number of hydrazine groups is 1. The Hall–Kier alpha value is -2.05. The number of nitrogens with two attached hydrogens (primary N) is 1. The van der Waals surface area contributed by atoms with Crippen LogP contribution in [0.25, 0.3) is 11.1 Å². The third kappa shape index (κ3) is 3.78. The second kappa shape index (κ2) is 7.82. The number of aromatic nitrogens is 2. The van der Waals surface area contributed by atoms with Gasteiger partial charge >= 0.3 is 0 Å². The molecule has 0 atom stereocenters. The number of hydrogen-bond acceptors (Lipinski definition) is 6. The second-order valence-electron chi connectivity index (χ2n) is 4.65. The van der Waals surface area contributed by atoms with Gasteiger partial charge in [-0.2, -0.15) is 0 Å². The first kappa shape index (κ1) is 16.3. The predicted molar refractivity (Wildman–Crippen MR) is 87.2 cm³/mol. The minimum Gasteiger partial charge on any atom is -0.493 e. The maximum atomic E-state index is 6.11. The van der Waals surface area contributed by atoms with Gasteiger partial charge in [-0.25, -0.2) is 5.84 Å². The number of hydrogen-bond donors (Lipinski definition) is 2. The molecule has 3 N–H and O–H groups in total. The summed E-state index contributed by atoms with van der Waals surface area (Å²) < 4.78 is 11.1. The fourth-order valence-corrected chi connectivity index (χ4v) is 2.13. The van der Waals surface area contributed by atoms with Crippen LogP contribution in [0.5, 0.6) is 11.5 Å². The summed E-state index contributed by atoms with van der Waals surface area (Å²) in [6, 6.07) is 7.33. The molecule has 0 aliphatic heterocycles. The van der Waals surface area contributed by atoms with E-state index in [0.717, 1.165) is 18.4 Å². The number of benzene rings is 1. The van der Waals surface area contributed by atoms with Crippen molar-refractivity contribution < 1.29 is 9.47 Å². The molecule has 2 aromatic rings. The molecule has 7 heteroatoms. The summed E-state index contributed by atoms with van der Waals surface area (Å²) in [6.07, 6.45) is 2.07. The fourth-order valence-electron chi connectivity index (χ4n) is 1.93. The smallest absolute Gasteiger partial charge is 0.163 e. The first-order chi connectivity index (χ1) is 10.7. The van der Waals surface area contributed by atoms with Crippen LogP contribution in [0.1, 0.15) is 19.8 Å². The molecular formula is C15H19ClN4O2. The molecule has 2 rings (SSSR count). The van der Waals surface area contributed by atoms with Crippen molar-refractivity contribution in [2.24, 2.45) is 5.84 Å². The van der Waals surface area contributed by atoms with Gasteiger partial charge in [-0.05, 0) is 30.2 Å². The molecule has 0 radical (unpaired) electrons. The summed E-state index contributed by atoms with van der Waals surface area (Å²) in [5.41, 5.74) is 4.01. The maximum absolute atomic E-state index is 6.11. The van der Waals surface area contributed by atoms with Gasteiger partial charge in [0, 0.05) is 5.56 Å². The van der Waals surface area contributed by atoms with E-state index in [2.05, 4.69) is 22.5 Å². The topological polar surface area (TPSA) is 82.3 Å². The van der Waals surface area contributed by atoms with Gasteiger partial charge in [-0.3, -0.25) is 0 Å². The van der Waals surface area contributed by atoms with Crippen LogP contribution in [0.3, 0.4) is 0 Å². The molecule has 0 amide bonds. The zero-order valence-corrected chi connectivity index (χ0v) is 13.4. The van der Waals surface area contributed by atoms with Crippen molar-refractivity contribution in [1.82, 2.24) is 10.2 Å². The van der Waals surface area contributed by atoms with Crippen LogP contribution < -0.4 is 20.7 Å². The highest BCUT2D eigenvalue weighted by Crippen LogP contribution is 2.35. The van der Waals surface area contributed by atoms with Crippen molar-refractivity contribution in [1.29, 1.82) is 0 Å². The van der Waals surface area contributed by atoms with Gasteiger partial charge in [-0.15, -0.1) is 10.2 Å². The largest absolute Gasteiger partial charge is 0.493 e. The van der Waals surface area contributed by atoms with E-state index in [1.807, 2.05) is 18.2 Å². The van der Waals surface area contributed by atoms with Crippen LogP contribution in [0, 0.1) is 0 Å². The molecular weight excluding hydrogens is 304 g/mol. The van der Waals surface area contributed by atoms with Crippen LogP contribution in [-0.2, 0) is 0 Å². The highest BCUT2D eigenvalue weighted by molar-refractivity contribution is 6.32. The Bertz CT molecular complexity index is 637. The zero-order chi connectivity index (χ0) is 15.9. The molecule has 0 unspecified atom stereocenters. The molecule has 6 nitrogen and oxygen atoms in total. The number of methoxy groups -OCH3 is 1. The third-order valence-electron chi connectivity index (χ3n) is 3.13. The van der Waals surface area contributed by atoms with E-state index in [0.29, 0.717) is 34.6 Å². The number of ether oxygens (including phenoxy) is 2. The molecule has 1 aromatic carbocycles. The van der Waals surface area contributed by atoms with Gasteiger partial charge in [0.2, 0.25) is 0 Å². The Kier molecular flexibility index (Phi) is 5.80. The first-order valence-corrected chi connectivity index (χ1v) is 7.38. The predicted octanol–water partition coefficient (Wildman–Crippen LogP) is 3.27. The van der Waals surface area contributed by atoms with E-state index in [1.54, 1.807) is 13.2 Å². The van der Waals surface area contributed by atoms with Crippen LogP contribution in [0.15, 0.2) is 24.3 Å². The van der Waals surface area contributed by atoms with E-state index in [1.165, 1.54) is 0 Å². The zero-order valence-electron chi connectivity index (χ0n) is 12.6. The van der Waals surface area contributed by atoms with Gasteiger partial charge in [0.15, 0.2) is 22.5 Å². The number of unbranched alkanes of at least 4 members (excludes halogenated alkanes) is 1. The van der Waals surface area contributed by atoms with Crippen LogP contribution in [0.4, 0.5) is 5.82 Å². The first-order valence-electron chi connectivity index (χ1n) is 7.00. The molecule has 0 fully saturated rings. The van der Waals surface area contributed by atoms with Gasteiger partial charge in [-0.1, -0.05) is 31.0 Å². The van der Waals surface area contributed by atoms with Gasteiger partial charge < -0.3 is 14.9 Å². The van der Waals surface area contributed by atoms with Gasteiger partial charge in [0.05, 0.1) is 13.7 Å². The van der Waals surface area contributed by atoms with Crippen molar-refractivity contribution >= 4 is 17.4 Å². The summed E-state index contributed by atoms with van der Waals surface area (Å²) in [7, 11) is 1.60. The van der Waals surface area contributed by atoms with Crippen molar-refractivity contribution in [3.63, 3.8) is 0 Å². The summed E-state index contributed by atoms with van der Waals surface area (Å²) in [6.45, 7) is 2.77. The molecule has 118 valence electrons. The lowest BCUT2D eigenvalue weighted by molar-refractivity contribution is 0.288. The molecule has 0 spiro atoms. The fraction of sp³-hybridized carbons (Fsp3) is 0.333.